The Hall–Kier alpha value is -1.23. The van der Waals surface area contributed by atoms with Crippen molar-refractivity contribution in [3.63, 3.8) is 0 Å². The maximum atomic E-state index is 12.6. The first-order valence-electron chi connectivity index (χ1n) is 20.8. The van der Waals surface area contributed by atoms with Crippen LogP contribution in [0.1, 0.15) is 112 Å². The van der Waals surface area contributed by atoms with Gasteiger partial charge in [-0.05, 0) is 113 Å². The molecular weight excluding hydrogens is 700 g/mol. The molecule has 0 aromatic carbocycles. The van der Waals surface area contributed by atoms with E-state index in [0.29, 0.717) is 18.4 Å². The minimum absolute atomic E-state index is 0.0243. The number of aliphatic hydroxyl groups is 5. The van der Waals surface area contributed by atoms with Gasteiger partial charge in [0.2, 0.25) is 0 Å². The van der Waals surface area contributed by atoms with Crippen LogP contribution in [0.3, 0.4) is 0 Å². The number of aliphatic hydroxyl groups excluding tert-OH is 4. The molecule has 0 radical (unpaired) electrons. The van der Waals surface area contributed by atoms with Crippen LogP contribution in [0.2, 0.25) is 0 Å². The van der Waals surface area contributed by atoms with E-state index in [9.17, 15) is 30.3 Å². The van der Waals surface area contributed by atoms with Crippen molar-refractivity contribution in [1.82, 2.24) is 0 Å². The van der Waals surface area contributed by atoms with Gasteiger partial charge in [-0.3, -0.25) is 0 Å². The van der Waals surface area contributed by atoms with Gasteiger partial charge in [0, 0.05) is 30.8 Å². The molecule has 0 aromatic rings. The largest absolute Gasteiger partial charge is 0.458 e. The van der Waals surface area contributed by atoms with Gasteiger partial charge in [0.15, 0.2) is 18.9 Å². The van der Waals surface area contributed by atoms with Gasteiger partial charge in [-0.25, -0.2) is 4.79 Å². The predicted molar refractivity (Wildman–Crippen MR) is 191 cm³/mol. The predicted octanol–water partition coefficient (Wildman–Crippen LogP) is 3.25. The lowest BCUT2D eigenvalue weighted by Gasteiger charge is -2.64. The highest BCUT2D eigenvalue weighted by Gasteiger charge is 2.68. The molecule has 0 amide bonds. The zero-order valence-corrected chi connectivity index (χ0v) is 32.6. The third-order valence-corrected chi connectivity index (χ3v) is 15.9. The summed E-state index contributed by atoms with van der Waals surface area (Å²) in [6.45, 7) is 10.4. The minimum atomic E-state index is -0.996. The second-order valence-electron chi connectivity index (χ2n) is 18.7. The van der Waals surface area contributed by atoms with Crippen LogP contribution in [0.15, 0.2) is 11.6 Å². The molecule has 13 heteroatoms. The van der Waals surface area contributed by atoms with Crippen LogP contribution in [0.4, 0.5) is 0 Å². The summed E-state index contributed by atoms with van der Waals surface area (Å²) in [6.07, 6.45) is 1.90. The minimum Gasteiger partial charge on any atom is -0.458 e. The Kier molecular flexibility index (Phi) is 10.9. The lowest BCUT2D eigenvalue weighted by molar-refractivity contribution is -0.336. The zero-order chi connectivity index (χ0) is 38.3. The van der Waals surface area contributed by atoms with Crippen LogP contribution >= 0.6 is 0 Å². The van der Waals surface area contributed by atoms with E-state index in [0.717, 1.165) is 63.4 Å². The van der Waals surface area contributed by atoms with Crippen molar-refractivity contribution in [1.29, 1.82) is 0 Å². The number of cyclic esters (lactones) is 1. The van der Waals surface area contributed by atoms with E-state index in [1.54, 1.807) is 19.9 Å². The number of esters is 1. The first-order chi connectivity index (χ1) is 25.6. The molecule has 0 spiro atoms. The molecule has 3 saturated heterocycles. The first kappa shape index (κ1) is 39.6. The van der Waals surface area contributed by atoms with E-state index in [-0.39, 0.29) is 54.0 Å². The molecule has 13 nitrogen and oxygen atoms in total. The molecule has 306 valence electrons. The Balaban J connectivity index is 0.826. The van der Waals surface area contributed by atoms with Gasteiger partial charge in [-0.1, -0.05) is 13.8 Å². The molecule has 7 fully saturated rings. The Morgan fingerprint density at radius 2 is 1.30 bits per heavy atom. The third-order valence-electron chi connectivity index (χ3n) is 15.9. The molecule has 4 heterocycles. The van der Waals surface area contributed by atoms with Crippen LogP contribution < -0.4 is 0 Å². The van der Waals surface area contributed by atoms with Gasteiger partial charge in [0.05, 0.1) is 48.3 Å². The molecule has 4 aliphatic heterocycles. The lowest BCUT2D eigenvalue weighted by atomic mass is 9.43. The molecule has 54 heavy (non-hydrogen) atoms. The van der Waals surface area contributed by atoms with Crippen molar-refractivity contribution in [2.75, 3.05) is 6.61 Å². The van der Waals surface area contributed by atoms with Crippen molar-refractivity contribution in [2.24, 2.45) is 34.5 Å². The zero-order valence-electron chi connectivity index (χ0n) is 32.6. The molecule has 4 aliphatic carbocycles. The standard InChI is InChI=1S/C41H64O13/c1-20-36(46)29(42)16-34(49-20)53-38-22(3)51-35(18-31(38)44)54-37-21(2)50-33(17-30(37)43)52-25-8-11-39(4)24(15-25)6-7-28-27(39)9-12-40(5)26(10-13-41(28,40)47)23-14-32(45)48-19-23/h14,20-22,24-31,33-38,42-44,46-47H,6-13,15-19H2,1-5H3/t20?,21?,22?,24-,25+,26-,27+,28-,29?,30?,31?,33+,34+,35+,36+,37+,38+,39+,40-,41+/m1/s1. The number of rotatable bonds is 7. The first-order valence-corrected chi connectivity index (χ1v) is 20.8. The van der Waals surface area contributed by atoms with Crippen molar-refractivity contribution < 1.29 is 63.5 Å². The van der Waals surface area contributed by atoms with Crippen LogP contribution in [0.25, 0.3) is 0 Å². The molecular formula is C41H64O13. The number of carbonyl (C=O) groups is 1. The number of hydrogen-bond acceptors (Lipinski definition) is 13. The summed E-state index contributed by atoms with van der Waals surface area (Å²) in [5.41, 5.74) is 0.215. The normalized spacial score (nSPS) is 55.0. The molecule has 4 saturated carbocycles. The average molecular weight is 765 g/mol. The number of carbonyl (C=O) groups excluding carboxylic acids is 1. The second-order valence-corrected chi connectivity index (χ2v) is 18.7. The maximum Gasteiger partial charge on any atom is 0.331 e. The SMILES string of the molecule is CC1O[C@@H](O[C@@H]2C(O)C[C@H](O[C@@H]3C(O)C[C@H](O[C@H]4CC[C@@]5(C)[C@H](CC[C@@H]6[C@@H]5CC[C@]5(C)[C@@H](C7=CC(=O)OC7)CC[C@]65O)C4)OC3C)OC2C)CC(O)[C@H]1O. The summed E-state index contributed by atoms with van der Waals surface area (Å²) in [6, 6.07) is 0. The van der Waals surface area contributed by atoms with E-state index in [4.69, 9.17) is 33.2 Å². The van der Waals surface area contributed by atoms with Gasteiger partial charge in [-0.15, -0.1) is 0 Å². The molecule has 5 N–H and O–H groups in total. The van der Waals surface area contributed by atoms with Gasteiger partial charge in [0.25, 0.3) is 0 Å². The monoisotopic (exact) mass is 764 g/mol. The van der Waals surface area contributed by atoms with Crippen LogP contribution in [0.5, 0.6) is 0 Å². The highest BCUT2D eigenvalue weighted by molar-refractivity contribution is 5.85. The van der Waals surface area contributed by atoms with E-state index in [2.05, 4.69) is 13.8 Å². The van der Waals surface area contributed by atoms with Gasteiger partial charge in [-0.2, -0.15) is 0 Å². The Morgan fingerprint density at radius 1 is 0.685 bits per heavy atom. The Bertz CT molecular complexity index is 1370. The summed E-state index contributed by atoms with van der Waals surface area (Å²) >= 11 is 0. The Labute approximate surface area is 319 Å². The topological polar surface area (TPSA) is 183 Å². The third kappa shape index (κ3) is 6.82. The summed E-state index contributed by atoms with van der Waals surface area (Å²) in [5, 5.41) is 55.0. The van der Waals surface area contributed by atoms with Crippen LogP contribution in [0, 0.1) is 34.5 Å². The summed E-state index contributed by atoms with van der Waals surface area (Å²) < 4.78 is 42.2. The fourth-order valence-corrected chi connectivity index (χ4v) is 12.8. The van der Waals surface area contributed by atoms with Crippen molar-refractivity contribution in [3.8, 4) is 0 Å². The highest BCUT2D eigenvalue weighted by atomic mass is 16.7. The quantitative estimate of drug-likeness (QED) is 0.188. The van der Waals surface area contributed by atoms with E-state index in [1.807, 2.05) is 6.92 Å². The molecule has 6 unspecified atom stereocenters. The molecule has 8 aliphatic rings. The molecule has 8 rings (SSSR count). The average Bonchev–Trinajstić information content (AvgIpc) is 3.66. The Morgan fingerprint density at radius 3 is 1.89 bits per heavy atom. The van der Waals surface area contributed by atoms with Gasteiger partial charge >= 0.3 is 5.97 Å². The number of fused-ring (bicyclic) bond motifs is 5. The highest BCUT2D eigenvalue weighted by Crippen LogP contribution is 2.70. The summed E-state index contributed by atoms with van der Waals surface area (Å²) in [7, 11) is 0. The fourth-order valence-electron chi connectivity index (χ4n) is 12.8. The number of ether oxygens (including phenoxy) is 7. The number of hydrogen-bond donors (Lipinski definition) is 5. The fraction of sp³-hybridized carbons (Fsp3) is 0.927. The smallest absolute Gasteiger partial charge is 0.331 e. The molecule has 0 aromatic heterocycles. The van der Waals surface area contributed by atoms with E-state index >= 15 is 0 Å². The maximum absolute atomic E-state index is 12.6. The van der Waals surface area contributed by atoms with Crippen LogP contribution in [-0.2, 0) is 38.0 Å². The molecule has 20 atom stereocenters. The lowest BCUT2D eigenvalue weighted by Crippen LogP contribution is -2.62. The van der Waals surface area contributed by atoms with Crippen LogP contribution in [-0.4, -0.2) is 124 Å². The molecule has 0 bridgehead atoms. The van der Waals surface area contributed by atoms with Gasteiger partial charge < -0.3 is 58.7 Å². The van der Waals surface area contributed by atoms with Crippen molar-refractivity contribution in [3.05, 3.63) is 11.6 Å². The van der Waals surface area contributed by atoms with Crippen molar-refractivity contribution in [2.45, 2.75) is 197 Å². The summed E-state index contributed by atoms with van der Waals surface area (Å²) in [5.74, 6) is 1.13. The van der Waals surface area contributed by atoms with Gasteiger partial charge in [0.1, 0.15) is 24.9 Å². The second kappa shape index (κ2) is 14.9. The van der Waals surface area contributed by atoms with Crippen molar-refractivity contribution >= 4 is 5.97 Å². The summed E-state index contributed by atoms with van der Waals surface area (Å²) in [4.78, 5) is 11.9. The van der Waals surface area contributed by atoms with E-state index < -0.39 is 79.4 Å². The van der Waals surface area contributed by atoms with E-state index in [1.165, 1.54) is 0 Å².